The standard InChI is InChI=1S/C15H22BrNO/c1-3-17(12-4-11-16)15(18)10-9-14-7-5-13(2)6-8-14/h5-8H,3-4,9-12H2,1-2H3. The molecule has 0 aliphatic rings. The first-order valence-corrected chi connectivity index (χ1v) is 7.68. The molecule has 3 heteroatoms. The number of carbonyl (C=O) groups excluding carboxylic acids is 1. The van der Waals surface area contributed by atoms with Crippen LogP contribution >= 0.6 is 15.9 Å². The predicted octanol–water partition coefficient (Wildman–Crippen LogP) is 3.56. The van der Waals surface area contributed by atoms with Crippen LogP contribution in [0.2, 0.25) is 0 Å². The highest BCUT2D eigenvalue weighted by atomic mass is 79.9. The van der Waals surface area contributed by atoms with Gasteiger partial charge in [-0.25, -0.2) is 0 Å². The third-order valence-corrected chi connectivity index (χ3v) is 3.60. The Bertz CT molecular complexity index is 361. The molecule has 1 aromatic carbocycles. The van der Waals surface area contributed by atoms with Gasteiger partial charge in [0.2, 0.25) is 5.91 Å². The molecule has 1 rings (SSSR count). The number of carbonyl (C=O) groups is 1. The summed E-state index contributed by atoms with van der Waals surface area (Å²) >= 11 is 3.40. The first kappa shape index (κ1) is 15.2. The van der Waals surface area contributed by atoms with Gasteiger partial charge in [-0.15, -0.1) is 0 Å². The van der Waals surface area contributed by atoms with Gasteiger partial charge >= 0.3 is 0 Å². The summed E-state index contributed by atoms with van der Waals surface area (Å²) in [5.41, 5.74) is 2.50. The lowest BCUT2D eigenvalue weighted by molar-refractivity contribution is -0.131. The molecule has 0 fully saturated rings. The van der Waals surface area contributed by atoms with Crippen LogP contribution in [0, 0.1) is 6.92 Å². The number of rotatable bonds is 7. The number of aryl methyl sites for hydroxylation is 2. The number of nitrogens with zero attached hydrogens (tertiary/aromatic N) is 1. The van der Waals surface area contributed by atoms with Gasteiger partial charge in [0, 0.05) is 24.8 Å². The highest BCUT2D eigenvalue weighted by Crippen LogP contribution is 2.07. The van der Waals surface area contributed by atoms with Crippen molar-refractivity contribution in [2.45, 2.75) is 33.1 Å². The van der Waals surface area contributed by atoms with Crippen LogP contribution in [0.4, 0.5) is 0 Å². The first-order chi connectivity index (χ1) is 8.67. The van der Waals surface area contributed by atoms with Crippen molar-refractivity contribution in [1.82, 2.24) is 4.90 Å². The molecule has 1 aromatic rings. The number of benzene rings is 1. The van der Waals surface area contributed by atoms with Gasteiger partial charge in [0.1, 0.15) is 0 Å². The second-order valence-electron chi connectivity index (χ2n) is 4.50. The molecule has 1 amide bonds. The summed E-state index contributed by atoms with van der Waals surface area (Å²) in [6, 6.07) is 8.42. The van der Waals surface area contributed by atoms with Crippen LogP contribution in [0.5, 0.6) is 0 Å². The Morgan fingerprint density at radius 2 is 1.94 bits per heavy atom. The van der Waals surface area contributed by atoms with Crippen LogP contribution in [-0.4, -0.2) is 29.2 Å². The second-order valence-corrected chi connectivity index (χ2v) is 5.29. The van der Waals surface area contributed by atoms with E-state index in [0.29, 0.717) is 6.42 Å². The third-order valence-electron chi connectivity index (χ3n) is 3.04. The number of alkyl halides is 1. The molecular weight excluding hydrogens is 290 g/mol. The molecule has 0 aromatic heterocycles. The average Bonchev–Trinajstić information content (AvgIpc) is 2.39. The molecule has 18 heavy (non-hydrogen) atoms. The van der Waals surface area contributed by atoms with E-state index in [2.05, 4.69) is 47.1 Å². The zero-order valence-electron chi connectivity index (χ0n) is 11.3. The van der Waals surface area contributed by atoms with Crippen molar-refractivity contribution < 1.29 is 4.79 Å². The quantitative estimate of drug-likeness (QED) is 0.705. The van der Waals surface area contributed by atoms with Crippen molar-refractivity contribution in [3.8, 4) is 0 Å². The average molecular weight is 312 g/mol. The minimum absolute atomic E-state index is 0.263. The Morgan fingerprint density at radius 1 is 1.28 bits per heavy atom. The Morgan fingerprint density at radius 3 is 2.50 bits per heavy atom. The van der Waals surface area contributed by atoms with Crippen molar-refractivity contribution in [2.24, 2.45) is 0 Å². The fourth-order valence-electron chi connectivity index (χ4n) is 1.87. The zero-order chi connectivity index (χ0) is 13.4. The molecule has 0 radical (unpaired) electrons. The van der Waals surface area contributed by atoms with Crippen molar-refractivity contribution >= 4 is 21.8 Å². The molecule has 0 unspecified atom stereocenters. The molecule has 2 nitrogen and oxygen atoms in total. The minimum atomic E-state index is 0.263. The van der Waals surface area contributed by atoms with Crippen LogP contribution in [0.1, 0.15) is 30.9 Å². The largest absolute Gasteiger partial charge is 0.343 e. The van der Waals surface area contributed by atoms with E-state index in [-0.39, 0.29) is 5.91 Å². The molecule has 0 heterocycles. The van der Waals surface area contributed by atoms with Crippen molar-refractivity contribution in [2.75, 3.05) is 18.4 Å². The lowest BCUT2D eigenvalue weighted by Crippen LogP contribution is -2.32. The van der Waals surface area contributed by atoms with Crippen molar-refractivity contribution in [3.63, 3.8) is 0 Å². The highest BCUT2D eigenvalue weighted by molar-refractivity contribution is 9.09. The summed E-state index contributed by atoms with van der Waals surface area (Å²) in [6.07, 6.45) is 2.47. The lowest BCUT2D eigenvalue weighted by Gasteiger charge is -2.20. The fraction of sp³-hybridized carbons (Fsp3) is 0.533. The molecule has 0 spiro atoms. The smallest absolute Gasteiger partial charge is 0.222 e. The third kappa shape index (κ3) is 5.21. The van der Waals surface area contributed by atoms with Gasteiger partial charge in [-0.05, 0) is 32.3 Å². The Labute approximate surface area is 119 Å². The van der Waals surface area contributed by atoms with Gasteiger partial charge in [-0.1, -0.05) is 45.8 Å². The van der Waals surface area contributed by atoms with E-state index >= 15 is 0 Å². The van der Waals surface area contributed by atoms with Gasteiger partial charge in [-0.2, -0.15) is 0 Å². The van der Waals surface area contributed by atoms with Crippen LogP contribution in [0.3, 0.4) is 0 Å². The summed E-state index contributed by atoms with van der Waals surface area (Å²) < 4.78 is 0. The first-order valence-electron chi connectivity index (χ1n) is 6.56. The van der Waals surface area contributed by atoms with Crippen molar-refractivity contribution in [3.05, 3.63) is 35.4 Å². The lowest BCUT2D eigenvalue weighted by atomic mass is 10.1. The molecule has 0 saturated carbocycles. The van der Waals surface area contributed by atoms with E-state index < -0.39 is 0 Å². The summed E-state index contributed by atoms with van der Waals surface area (Å²) in [5.74, 6) is 0.263. The molecule has 100 valence electrons. The Kier molecular flexibility index (Phi) is 7.02. The number of amides is 1. The van der Waals surface area contributed by atoms with Gasteiger partial charge in [-0.3, -0.25) is 4.79 Å². The van der Waals surface area contributed by atoms with E-state index in [9.17, 15) is 4.79 Å². The zero-order valence-corrected chi connectivity index (χ0v) is 12.9. The van der Waals surface area contributed by atoms with E-state index in [1.807, 2.05) is 11.8 Å². The normalized spacial score (nSPS) is 10.4. The Hall–Kier alpha value is -0.830. The van der Waals surface area contributed by atoms with Gasteiger partial charge < -0.3 is 4.90 Å². The maximum Gasteiger partial charge on any atom is 0.222 e. The van der Waals surface area contributed by atoms with Gasteiger partial charge in [0.15, 0.2) is 0 Å². The topological polar surface area (TPSA) is 20.3 Å². The monoisotopic (exact) mass is 311 g/mol. The summed E-state index contributed by atoms with van der Waals surface area (Å²) in [5, 5.41) is 0.953. The molecule has 0 atom stereocenters. The predicted molar refractivity (Wildman–Crippen MR) is 80.2 cm³/mol. The molecule has 0 aliphatic heterocycles. The SMILES string of the molecule is CCN(CCCBr)C(=O)CCc1ccc(C)cc1. The number of hydrogen-bond donors (Lipinski definition) is 0. The molecule has 0 N–H and O–H groups in total. The van der Waals surface area contributed by atoms with Crippen LogP contribution < -0.4 is 0 Å². The van der Waals surface area contributed by atoms with Crippen LogP contribution in [-0.2, 0) is 11.2 Å². The van der Waals surface area contributed by atoms with Gasteiger partial charge in [0.25, 0.3) is 0 Å². The highest BCUT2D eigenvalue weighted by Gasteiger charge is 2.10. The fourth-order valence-corrected chi connectivity index (χ4v) is 2.12. The summed E-state index contributed by atoms with van der Waals surface area (Å²) in [4.78, 5) is 14.0. The van der Waals surface area contributed by atoms with E-state index in [0.717, 1.165) is 31.3 Å². The van der Waals surface area contributed by atoms with Crippen molar-refractivity contribution in [1.29, 1.82) is 0 Å². The molecule has 0 aliphatic carbocycles. The molecule has 0 saturated heterocycles. The van der Waals surface area contributed by atoms with E-state index in [1.54, 1.807) is 0 Å². The van der Waals surface area contributed by atoms with E-state index in [1.165, 1.54) is 11.1 Å². The van der Waals surface area contributed by atoms with Crippen LogP contribution in [0.25, 0.3) is 0 Å². The number of halogens is 1. The summed E-state index contributed by atoms with van der Waals surface area (Å²) in [6.45, 7) is 5.78. The van der Waals surface area contributed by atoms with Gasteiger partial charge in [0.05, 0.1) is 0 Å². The van der Waals surface area contributed by atoms with Crippen LogP contribution in [0.15, 0.2) is 24.3 Å². The Balaban J connectivity index is 2.41. The minimum Gasteiger partial charge on any atom is -0.343 e. The number of hydrogen-bond acceptors (Lipinski definition) is 1. The molecular formula is C15H22BrNO. The summed E-state index contributed by atoms with van der Waals surface area (Å²) in [7, 11) is 0. The maximum atomic E-state index is 12.0. The van der Waals surface area contributed by atoms with E-state index in [4.69, 9.17) is 0 Å². The molecule has 0 bridgehead atoms. The second kappa shape index (κ2) is 8.30. The maximum absolute atomic E-state index is 12.0.